The molecule has 1 aromatic heterocycles. The lowest BCUT2D eigenvalue weighted by Crippen LogP contribution is -1.98. The molecule has 0 unspecified atom stereocenters. The van der Waals surface area contributed by atoms with Crippen LogP contribution in [0, 0.1) is 0 Å². The van der Waals surface area contributed by atoms with E-state index in [0.29, 0.717) is 18.6 Å². The lowest BCUT2D eigenvalue weighted by Gasteiger charge is -2.12. The minimum Gasteiger partial charge on any atom is -0.453 e. The topological polar surface area (TPSA) is 31.4 Å². The van der Waals surface area contributed by atoms with Gasteiger partial charge in [0.15, 0.2) is 11.5 Å². The van der Waals surface area contributed by atoms with Gasteiger partial charge in [-0.25, -0.2) is 0 Å². The molecule has 1 aliphatic rings. The number of hydrogen-bond donors (Lipinski definition) is 0. The highest BCUT2D eigenvalue weighted by molar-refractivity contribution is 5.51. The molecule has 1 aliphatic heterocycles. The third-order valence-corrected chi connectivity index (χ3v) is 2.62. The van der Waals surface area contributed by atoms with Crippen molar-refractivity contribution in [1.29, 1.82) is 0 Å². The van der Waals surface area contributed by atoms with Gasteiger partial charge in [-0.15, -0.1) is 0 Å². The van der Waals surface area contributed by atoms with Crippen LogP contribution in [-0.2, 0) is 0 Å². The first kappa shape index (κ1) is 10.3. The van der Waals surface area contributed by atoms with E-state index in [4.69, 9.17) is 9.47 Å². The summed E-state index contributed by atoms with van der Waals surface area (Å²) in [5.41, 5.74) is 2.12. The van der Waals surface area contributed by atoms with Crippen molar-refractivity contribution in [2.24, 2.45) is 0 Å². The van der Waals surface area contributed by atoms with Gasteiger partial charge in [0, 0.05) is 11.8 Å². The smallest absolute Gasteiger partial charge is 0.231 e. The molecular formula is C12H17NO2. The van der Waals surface area contributed by atoms with Crippen LogP contribution in [0.25, 0.3) is 0 Å². The fourth-order valence-electron chi connectivity index (χ4n) is 1.76. The van der Waals surface area contributed by atoms with Crippen LogP contribution < -0.4 is 9.47 Å². The van der Waals surface area contributed by atoms with Crippen LogP contribution >= 0.6 is 0 Å². The summed E-state index contributed by atoms with van der Waals surface area (Å²) in [4.78, 5) is 4.47. The van der Waals surface area contributed by atoms with E-state index in [1.807, 2.05) is 6.20 Å². The number of nitrogens with zero attached hydrogens (tertiary/aromatic N) is 1. The van der Waals surface area contributed by atoms with Crippen molar-refractivity contribution in [2.45, 2.75) is 39.5 Å². The van der Waals surface area contributed by atoms with Crippen LogP contribution in [0.15, 0.2) is 6.20 Å². The van der Waals surface area contributed by atoms with E-state index in [0.717, 1.165) is 22.8 Å². The molecular weight excluding hydrogens is 190 g/mol. The van der Waals surface area contributed by atoms with Crippen LogP contribution in [-0.4, -0.2) is 11.8 Å². The SMILES string of the molecule is CC(C)c1cnc(C(C)C)c2c1OCO2. The number of aromatic nitrogens is 1. The number of rotatable bonds is 2. The van der Waals surface area contributed by atoms with Gasteiger partial charge in [0.1, 0.15) is 0 Å². The molecule has 0 spiro atoms. The minimum atomic E-state index is 0.320. The monoisotopic (exact) mass is 207 g/mol. The Kier molecular flexibility index (Phi) is 2.55. The lowest BCUT2D eigenvalue weighted by molar-refractivity contribution is 0.172. The molecule has 1 aromatic rings. The van der Waals surface area contributed by atoms with Crippen molar-refractivity contribution in [3.63, 3.8) is 0 Å². The summed E-state index contributed by atoms with van der Waals surface area (Å²) in [5.74, 6) is 2.51. The second kappa shape index (κ2) is 3.72. The molecule has 0 saturated carbocycles. The Morgan fingerprint density at radius 2 is 1.73 bits per heavy atom. The van der Waals surface area contributed by atoms with Crippen molar-refractivity contribution in [3.8, 4) is 11.5 Å². The fraction of sp³-hybridized carbons (Fsp3) is 0.583. The van der Waals surface area contributed by atoms with Gasteiger partial charge in [-0.05, 0) is 11.8 Å². The van der Waals surface area contributed by atoms with E-state index in [2.05, 4.69) is 32.7 Å². The molecule has 0 radical (unpaired) electrons. The maximum Gasteiger partial charge on any atom is 0.231 e. The van der Waals surface area contributed by atoms with Crippen LogP contribution in [0.4, 0.5) is 0 Å². The van der Waals surface area contributed by atoms with E-state index in [1.165, 1.54) is 0 Å². The molecule has 0 aliphatic carbocycles. The molecule has 0 fully saturated rings. The molecule has 0 N–H and O–H groups in total. The summed E-state index contributed by atoms with van der Waals surface area (Å²) < 4.78 is 11.0. The van der Waals surface area contributed by atoms with Crippen LogP contribution in [0.1, 0.15) is 50.8 Å². The fourth-order valence-corrected chi connectivity index (χ4v) is 1.76. The van der Waals surface area contributed by atoms with Crippen molar-refractivity contribution < 1.29 is 9.47 Å². The van der Waals surface area contributed by atoms with Crippen molar-refractivity contribution in [3.05, 3.63) is 17.5 Å². The van der Waals surface area contributed by atoms with Gasteiger partial charge in [-0.3, -0.25) is 4.98 Å². The number of pyridine rings is 1. The Morgan fingerprint density at radius 3 is 2.33 bits per heavy atom. The number of fused-ring (bicyclic) bond motifs is 1. The summed E-state index contributed by atoms with van der Waals surface area (Å²) in [6.45, 7) is 8.81. The Hall–Kier alpha value is -1.25. The van der Waals surface area contributed by atoms with E-state index >= 15 is 0 Å². The van der Waals surface area contributed by atoms with E-state index in [9.17, 15) is 0 Å². The van der Waals surface area contributed by atoms with Gasteiger partial charge >= 0.3 is 0 Å². The summed E-state index contributed by atoms with van der Waals surface area (Å²) in [6.07, 6.45) is 1.91. The Morgan fingerprint density at radius 1 is 1.07 bits per heavy atom. The van der Waals surface area contributed by atoms with Gasteiger partial charge in [0.25, 0.3) is 0 Å². The summed E-state index contributed by atoms with van der Waals surface area (Å²) in [5, 5.41) is 0. The van der Waals surface area contributed by atoms with Gasteiger partial charge < -0.3 is 9.47 Å². The molecule has 0 amide bonds. The average Bonchev–Trinajstić information content (AvgIpc) is 2.63. The first-order valence-corrected chi connectivity index (χ1v) is 5.39. The maximum absolute atomic E-state index is 5.52. The Bertz CT molecular complexity index is 337. The molecule has 0 atom stereocenters. The Labute approximate surface area is 90.4 Å². The van der Waals surface area contributed by atoms with Gasteiger partial charge in [-0.1, -0.05) is 27.7 Å². The molecule has 3 heteroatoms. The third-order valence-electron chi connectivity index (χ3n) is 2.62. The predicted molar refractivity (Wildman–Crippen MR) is 58.5 cm³/mol. The number of ether oxygens (including phenoxy) is 2. The first-order chi connectivity index (χ1) is 7.11. The van der Waals surface area contributed by atoms with Gasteiger partial charge in [-0.2, -0.15) is 0 Å². The highest BCUT2D eigenvalue weighted by Gasteiger charge is 2.25. The summed E-state index contributed by atoms with van der Waals surface area (Å²) in [6, 6.07) is 0. The zero-order valence-corrected chi connectivity index (χ0v) is 9.70. The van der Waals surface area contributed by atoms with E-state index in [1.54, 1.807) is 0 Å². The number of hydrogen-bond acceptors (Lipinski definition) is 3. The van der Waals surface area contributed by atoms with Crippen LogP contribution in [0.5, 0.6) is 11.5 Å². The molecule has 2 heterocycles. The first-order valence-electron chi connectivity index (χ1n) is 5.39. The molecule has 0 aromatic carbocycles. The highest BCUT2D eigenvalue weighted by atomic mass is 16.7. The molecule has 15 heavy (non-hydrogen) atoms. The van der Waals surface area contributed by atoms with Gasteiger partial charge in [0.2, 0.25) is 6.79 Å². The minimum absolute atomic E-state index is 0.320. The maximum atomic E-state index is 5.52. The highest BCUT2D eigenvalue weighted by Crippen LogP contribution is 2.42. The molecule has 0 saturated heterocycles. The van der Waals surface area contributed by atoms with Crippen molar-refractivity contribution in [1.82, 2.24) is 4.98 Å². The van der Waals surface area contributed by atoms with Crippen LogP contribution in [0.2, 0.25) is 0 Å². The average molecular weight is 207 g/mol. The van der Waals surface area contributed by atoms with E-state index < -0.39 is 0 Å². The van der Waals surface area contributed by atoms with Crippen molar-refractivity contribution in [2.75, 3.05) is 6.79 Å². The van der Waals surface area contributed by atoms with E-state index in [-0.39, 0.29) is 0 Å². The summed E-state index contributed by atoms with van der Waals surface area (Å²) in [7, 11) is 0. The summed E-state index contributed by atoms with van der Waals surface area (Å²) >= 11 is 0. The predicted octanol–water partition coefficient (Wildman–Crippen LogP) is 3.06. The largest absolute Gasteiger partial charge is 0.453 e. The van der Waals surface area contributed by atoms with Crippen LogP contribution in [0.3, 0.4) is 0 Å². The zero-order chi connectivity index (χ0) is 11.0. The van der Waals surface area contributed by atoms with Crippen molar-refractivity contribution >= 4 is 0 Å². The molecule has 0 bridgehead atoms. The third kappa shape index (κ3) is 1.66. The standard InChI is InChI=1S/C12H17NO2/c1-7(2)9-5-13-10(8(3)4)12-11(9)14-6-15-12/h5,7-8H,6H2,1-4H3. The quantitative estimate of drug-likeness (QED) is 0.746. The second-order valence-corrected chi connectivity index (χ2v) is 4.47. The zero-order valence-electron chi connectivity index (χ0n) is 9.70. The van der Waals surface area contributed by atoms with Gasteiger partial charge in [0.05, 0.1) is 5.69 Å². The molecule has 82 valence electrons. The molecule has 3 nitrogen and oxygen atoms in total. The molecule has 2 rings (SSSR count). The Balaban J connectivity index is 2.54. The lowest BCUT2D eigenvalue weighted by atomic mass is 10.0. The second-order valence-electron chi connectivity index (χ2n) is 4.47. The normalized spacial score (nSPS) is 14.0.